The Morgan fingerprint density at radius 2 is 1.39 bits per heavy atom. The van der Waals surface area contributed by atoms with Gasteiger partial charge in [-0.15, -0.1) is 0 Å². The first-order valence-electron chi connectivity index (χ1n) is 14.3. The molecule has 2 atom stereocenters. The van der Waals surface area contributed by atoms with E-state index in [4.69, 9.17) is 4.74 Å². The molecule has 2 unspecified atom stereocenters. The predicted octanol–water partition coefficient (Wildman–Crippen LogP) is 10.0. The summed E-state index contributed by atoms with van der Waals surface area (Å²) >= 11 is 0. The smallest absolute Gasteiger partial charge is 0.0801 e. The maximum absolute atomic E-state index is 5.99. The molecule has 0 aromatic heterocycles. The molecule has 0 fully saturated rings. The molecule has 0 saturated heterocycles. The van der Waals surface area contributed by atoms with Crippen molar-refractivity contribution in [3.05, 3.63) is 118 Å². The first-order chi connectivity index (χ1) is 18.2. The quantitative estimate of drug-likeness (QED) is 0.225. The van der Waals surface area contributed by atoms with Gasteiger partial charge in [-0.2, -0.15) is 0 Å². The summed E-state index contributed by atoms with van der Waals surface area (Å²) < 4.78 is 5.99. The van der Waals surface area contributed by atoms with E-state index in [0.717, 1.165) is 38.6 Å². The topological polar surface area (TPSA) is 21.3 Å². The summed E-state index contributed by atoms with van der Waals surface area (Å²) in [5.41, 5.74) is 9.64. The molecule has 0 bridgehead atoms. The molecule has 0 spiro atoms. The highest BCUT2D eigenvalue weighted by Crippen LogP contribution is 2.19. The number of hydrogen-bond acceptors (Lipinski definition) is 2. The van der Waals surface area contributed by atoms with Crippen molar-refractivity contribution in [2.45, 2.75) is 92.7 Å². The molecule has 206 valence electrons. The lowest BCUT2D eigenvalue weighted by atomic mass is 9.99. The minimum absolute atomic E-state index is 0.120. The van der Waals surface area contributed by atoms with Crippen molar-refractivity contribution < 1.29 is 4.74 Å². The monoisotopic (exact) mass is 513 g/mol. The van der Waals surface area contributed by atoms with Crippen molar-refractivity contribution in [1.82, 2.24) is 5.32 Å². The average molecular weight is 514 g/mol. The van der Waals surface area contributed by atoms with Crippen LogP contribution in [0.1, 0.15) is 103 Å². The number of rotatable bonds is 16. The van der Waals surface area contributed by atoms with Crippen LogP contribution in [0, 0.1) is 0 Å². The van der Waals surface area contributed by atoms with E-state index >= 15 is 0 Å². The lowest BCUT2D eigenvalue weighted by molar-refractivity contribution is 0.0882. The Bertz CT molecular complexity index is 1070. The summed E-state index contributed by atoms with van der Waals surface area (Å²) in [5.74, 6) is 0. The van der Waals surface area contributed by atoms with Crippen LogP contribution < -0.4 is 5.32 Å². The second kappa shape index (κ2) is 17.8. The van der Waals surface area contributed by atoms with E-state index in [9.17, 15) is 0 Å². The first kappa shape index (κ1) is 31.5. The van der Waals surface area contributed by atoms with Gasteiger partial charge in [-0.25, -0.2) is 0 Å². The summed E-state index contributed by atoms with van der Waals surface area (Å²) in [6.07, 6.45) is 14.8. The van der Waals surface area contributed by atoms with Gasteiger partial charge < -0.3 is 10.1 Å². The number of hydrogen-bond donors (Lipinski definition) is 1. The van der Waals surface area contributed by atoms with Gasteiger partial charge in [0.25, 0.3) is 0 Å². The molecule has 0 radical (unpaired) electrons. The lowest BCUT2D eigenvalue weighted by Gasteiger charge is -2.15. The molecule has 0 aliphatic carbocycles. The number of nitrogens with one attached hydrogen (secondary N) is 1. The maximum Gasteiger partial charge on any atom is 0.0801 e. The SMILES string of the molecule is CC(C)=CCCC(C)=CCNC(C)c1cccc(CC(C)=CCCC(C)=CCOC(C)c2ccccc2)c1. The Morgan fingerprint density at radius 3 is 2.11 bits per heavy atom. The minimum atomic E-state index is 0.120. The van der Waals surface area contributed by atoms with Crippen LogP contribution in [0.3, 0.4) is 0 Å². The van der Waals surface area contributed by atoms with Crippen LogP contribution in [-0.2, 0) is 11.2 Å². The standard InChI is InChI=1S/C36H51NO/c1-28(2)14-11-15-29(3)22-24-37-32(6)36-21-13-18-34(27-36)26-31(5)17-12-16-30(4)23-25-38-33(7)35-19-9-8-10-20-35/h8-10,13-14,17-23,27,32-33,37H,11-12,15-16,24-26H2,1-7H3. The van der Waals surface area contributed by atoms with Gasteiger partial charge in [0, 0.05) is 12.6 Å². The highest BCUT2D eigenvalue weighted by atomic mass is 16.5. The van der Waals surface area contributed by atoms with Crippen LogP contribution in [0.4, 0.5) is 0 Å². The Hall–Kier alpha value is -2.68. The van der Waals surface area contributed by atoms with Crippen LogP contribution in [-0.4, -0.2) is 13.2 Å². The fraction of sp³-hybridized carbons (Fsp3) is 0.444. The summed E-state index contributed by atoms with van der Waals surface area (Å²) in [4.78, 5) is 0. The number of ether oxygens (including phenoxy) is 1. The zero-order chi connectivity index (χ0) is 27.8. The zero-order valence-electron chi connectivity index (χ0n) is 25.0. The third-order valence-electron chi connectivity index (χ3n) is 6.98. The summed E-state index contributed by atoms with van der Waals surface area (Å²) in [6.45, 7) is 17.0. The summed E-state index contributed by atoms with van der Waals surface area (Å²) in [5, 5.41) is 3.67. The second-order valence-corrected chi connectivity index (χ2v) is 10.9. The average Bonchev–Trinajstić information content (AvgIpc) is 2.89. The van der Waals surface area contributed by atoms with Crippen molar-refractivity contribution in [1.29, 1.82) is 0 Å². The highest BCUT2D eigenvalue weighted by molar-refractivity contribution is 5.29. The van der Waals surface area contributed by atoms with Gasteiger partial charge in [-0.05, 0) is 97.3 Å². The molecule has 1 N–H and O–H groups in total. The Labute approximate surface area is 233 Å². The Kier molecular flexibility index (Phi) is 14.7. The van der Waals surface area contributed by atoms with Gasteiger partial charge in [0.1, 0.15) is 0 Å². The van der Waals surface area contributed by atoms with Crippen molar-refractivity contribution in [2.75, 3.05) is 13.2 Å². The normalized spacial score (nSPS) is 14.3. The minimum Gasteiger partial charge on any atom is -0.370 e. The molecule has 2 rings (SSSR count). The number of benzene rings is 2. The van der Waals surface area contributed by atoms with E-state index in [2.05, 4.69) is 127 Å². The van der Waals surface area contributed by atoms with Crippen LogP contribution in [0.2, 0.25) is 0 Å². The fourth-order valence-electron chi connectivity index (χ4n) is 4.39. The van der Waals surface area contributed by atoms with Gasteiger partial charge in [-0.3, -0.25) is 0 Å². The predicted molar refractivity (Wildman–Crippen MR) is 167 cm³/mol. The molecule has 2 aromatic carbocycles. The molecular weight excluding hydrogens is 462 g/mol. The molecule has 0 amide bonds. The van der Waals surface area contributed by atoms with E-state index in [0.29, 0.717) is 12.6 Å². The van der Waals surface area contributed by atoms with Crippen LogP contribution in [0.5, 0.6) is 0 Å². The Balaban J connectivity index is 1.75. The second-order valence-electron chi connectivity index (χ2n) is 10.9. The molecule has 0 heterocycles. The van der Waals surface area contributed by atoms with Crippen LogP contribution in [0.25, 0.3) is 0 Å². The maximum atomic E-state index is 5.99. The molecule has 2 nitrogen and oxygen atoms in total. The number of allylic oxidation sites excluding steroid dienone is 6. The van der Waals surface area contributed by atoms with Gasteiger partial charge in [0.05, 0.1) is 12.7 Å². The molecule has 0 saturated carbocycles. The Morgan fingerprint density at radius 1 is 0.737 bits per heavy atom. The van der Waals surface area contributed by atoms with E-state index in [1.807, 2.05) is 6.07 Å². The van der Waals surface area contributed by atoms with E-state index in [1.165, 1.54) is 39.0 Å². The van der Waals surface area contributed by atoms with Crippen LogP contribution >= 0.6 is 0 Å². The molecular formula is C36H51NO. The van der Waals surface area contributed by atoms with E-state index < -0.39 is 0 Å². The highest BCUT2D eigenvalue weighted by Gasteiger charge is 2.06. The van der Waals surface area contributed by atoms with Crippen molar-refractivity contribution in [2.24, 2.45) is 0 Å². The molecule has 2 aromatic rings. The van der Waals surface area contributed by atoms with E-state index in [-0.39, 0.29) is 6.10 Å². The third kappa shape index (κ3) is 13.2. The van der Waals surface area contributed by atoms with E-state index in [1.54, 1.807) is 0 Å². The third-order valence-corrected chi connectivity index (χ3v) is 6.98. The molecule has 38 heavy (non-hydrogen) atoms. The lowest BCUT2D eigenvalue weighted by Crippen LogP contribution is -2.18. The molecule has 0 aliphatic rings. The molecule has 0 aliphatic heterocycles. The first-order valence-corrected chi connectivity index (χ1v) is 14.3. The van der Waals surface area contributed by atoms with Gasteiger partial charge in [-0.1, -0.05) is 101 Å². The van der Waals surface area contributed by atoms with Crippen molar-refractivity contribution >= 4 is 0 Å². The molecule has 2 heteroatoms. The fourth-order valence-corrected chi connectivity index (χ4v) is 4.39. The van der Waals surface area contributed by atoms with Crippen molar-refractivity contribution in [3.8, 4) is 0 Å². The van der Waals surface area contributed by atoms with Gasteiger partial charge in [0.2, 0.25) is 0 Å². The van der Waals surface area contributed by atoms with Gasteiger partial charge >= 0.3 is 0 Å². The van der Waals surface area contributed by atoms with Gasteiger partial charge in [0.15, 0.2) is 0 Å². The zero-order valence-corrected chi connectivity index (χ0v) is 25.0. The van der Waals surface area contributed by atoms with Crippen LogP contribution in [0.15, 0.2) is 101 Å². The van der Waals surface area contributed by atoms with Crippen molar-refractivity contribution in [3.63, 3.8) is 0 Å². The largest absolute Gasteiger partial charge is 0.370 e. The summed E-state index contributed by atoms with van der Waals surface area (Å²) in [6, 6.07) is 19.8. The summed E-state index contributed by atoms with van der Waals surface area (Å²) in [7, 11) is 0.